The number of halogens is 2. The predicted octanol–water partition coefficient (Wildman–Crippen LogP) is 2.35. The van der Waals surface area contributed by atoms with E-state index in [1.165, 1.54) is 12.1 Å². The van der Waals surface area contributed by atoms with Crippen LogP contribution in [0.2, 0.25) is 0 Å². The number of aromatic nitrogens is 1. The Bertz CT molecular complexity index is 592. The van der Waals surface area contributed by atoms with Gasteiger partial charge >= 0.3 is 0 Å². The number of hydrogen-bond acceptors (Lipinski definition) is 2. The minimum Gasteiger partial charge on any atom is -0.341 e. The van der Waals surface area contributed by atoms with E-state index in [9.17, 15) is 8.78 Å². The Kier molecular flexibility index (Phi) is 3.71. The van der Waals surface area contributed by atoms with Gasteiger partial charge in [-0.15, -0.1) is 0 Å². The predicted molar refractivity (Wildman–Crippen MR) is 66.7 cm³/mol. The van der Waals surface area contributed by atoms with Crippen LogP contribution in [-0.4, -0.2) is 13.2 Å². The van der Waals surface area contributed by atoms with Crippen LogP contribution in [0.5, 0.6) is 0 Å². The molecular formula is C15H14F2NO2+. The zero-order valence-corrected chi connectivity index (χ0v) is 10.8. The second-order valence-corrected chi connectivity index (χ2v) is 4.60. The molecule has 0 bridgehead atoms. The molecule has 1 saturated heterocycles. The zero-order chi connectivity index (χ0) is 13.9. The normalized spacial score (nSPS) is 15.7. The van der Waals surface area contributed by atoms with Gasteiger partial charge in [-0.05, 0) is 18.2 Å². The van der Waals surface area contributed by atoms with E-state index in [-0.39, 0.29) is 0 Å². The summed E-state index contributed by atoms with van der Waals surface area (Å²) < 4.78 is 39.3. The van der Waals surface area contributed by atoms with Crippen LogP contribution in [0.25, 0.3) is 0 Å². The lowest BCUT2D eigenvalue weighted by molar-refractivity contribution is -0.701. The molecule has 3 rings (SSSR count). The minimum absolute atomic E-state index is 0.355. The van der Waals surface area contributed by atoms with Crippen molar-refractivity contribution in [2.75, 3.05) is 13.2 Å². The van der Waals surface area contributed by atoms with Crippen molar-refractivity contribution in [1.29, 1.82) is 0 Å². The monoisotopic (exact) mass is 278 g/mol. The highest BCUT2D eigenvalue weighted by Crippen LogP contribution is 2.20. The highest BCUT2D eigenvalue weighted by molar-refractivity contribution is 5.17. The van der Waals surface area contributed by atoms with Gasteiger partial charge in [0.05, 0.1) is 13.2 Å². The molecule has 1 aromatic carbocycles. The molecule has 0 aliphatic carbocycles. The zero-order valence-electron chi connectivity index (χ0n) is 10.8. The molecule has 0 N–H and O–H groups in total. The summed E-state index contributed by atoms with van der Waals surface area (Å²) in [4.78, 5) is 0. The molecule has 104 valence electrons. The Hall–Kier alpha value is -1.85. The molecule has 5 heteroatoms. The van der Waals surface area contributed by atoms with E-state index in [1.807, 2.05) is 29.0 Å². The summed E-state index contributed by atoms with van der Waals surface area (Å²) >= 11 is 0. The second kappa shape index (κ2) is 5.64. The third kappa shape index (κ3) is 2.84. The number of hydrogen-bond donors (Lipinski definition) is 0. The van der Waals surface area contributed by atoms with Gasteiger partial charge in [0, 0.05) is 23.8 Å². The van der Waals surface area contributed by atoms with Crippen molar-refractivity contribution in [3.63, 3.8) is 0 Å². The van der Waals surface area contributed by atoms with E-state index in [2.05, 4.69) is 0 Å². The lowest BCUT2D eigenvalue weighted by Crippen LogP contribution is -2.40. The minimum atomic E-state index is -0.577. The van der Waals surface area contributed by atoms with Gasteiger partial charge in [-0.1, -0.05) is 0 Å². The molecule has 2 aromatic rings. The van der Waals surface area contributed by atoms with Crippen molar-refractivity contribution in [2.45, 2.75) is 12.8 Å². The Balaban J connectivity index is 1.90. The molecule has 0 spiro atoms. The van der Waals surface area contributed by atoms with Gasteiger partial charge in [-0.3, -0.25) is 0 Å². The summed E-state index contributed by atoms with van der Waals surface area (Å²) in [6, 6.07) is 9.12. The fourth-order valence-corrected chi connectivity index (χ4v) is 2.28. The largest absolute Gasteiger partial charge is 0.341 e. The molecule has 1 aliphatic rings. The summed E-state index contributed by atoms with van der Waals surface area (Å²) in [5, 5.41) is 0. The Labute approximate surface area is 115 Å². The summed E-state index contributed by atoms with van der Waals surface area (Å²) in [6.07, 6.45) is 1.41. The number of nitrogens with zero attached hydrogens (tertiary/aromatic N) is 1. The number of rotatable bonds is 3. The van der Waals surface area contributed by atoms with Crippen molar-refractivity contribution >= 4 is 0 Å². The second-order valence-electron chi connectivity index (χ2n) is 4.60. The first-order chi connectivity index (χ1) is 9.72. The molecule has 1 fully saturated rings. The molecule has 2 heterocycles. The number of benzene rings is 1. The first-order valence-electron chi connectivity index (χ1n) is 6.39. The van der Waals surface area contributed by atoms with Gasteiger partial charge in [0.15, 0.2) is 12.7 Å². The maximum absolute atomic E-state index is 13.2. The van der Waals surface area contributed by atoms with Crippen LogP contribution in [0.1, 0.15) is 17.5 Å². The smallest absolute Gasteiger partial charge is 0.245 e. The molecule has 20 heavy (non-hydrogen) atoms. The standard InChI is InChI=1S/C15H14F2NO2/c16-12-7-11(8-13(17)9-12)10-18-4-2-1-3-14(18)15-19-5-6-20-15/h1-4,7-9,15H,5-6,10H2/q+1. The third-order valence-corrected chi connectivity index (χ3v) is 3.11. The van der Waals surface area contributed by atoms with E-state index >= 15 is 0 Å². The van der Waals surface area contributed by atoms with Gasteiger partial charge in [0.1, 0.15) is 11.6 Å². The Morgan fingerprint density at radius 1 is 1.05 bits per heavy atom. The first-order valence-corrected chi connectivity index (χ1v) is 6.39. The van der Waals surface area contributed by atoms with Crippen molar-refractivity contribution in [1.82, 2.24) is 0 Å². The molecule has 0 unspecified atom stereocenters. The van der Waals surface area contributed by atoms with Crippen molar-refractivity contribution < 1.29 is 22.8 Å². The van der Waals surface area contributed by atoms with Crippen LogP contribution in [0.15, 0.2) is 42.6 Å². The average molecular weight is 278 g/mol. The van der Waals surface area contributed by atoms with Crippen molar-refractivity contribution in [3.05, 3.63) is 65.5 Å². The SMILES string of the molecule is Fc1cc(F)cc(C[n+]2ccccc2C2OCCO2)c1. The summed E-state index contributed by atoms with van der Waals surface area (Å²) in [6.45, 7) is 1.45. The average Bonchev–Trinajstić information content (AvgIpc) is 2.92. The quantitative estimate of drug-likeness (QED) is 0.804. The van der Waals surface area contributed by atoms with Crippen LogP contribution in [0, 0.1) is 11.6 Å². The molecule has 0 saturated carbocycles. The van der Waals surface area contributed by atoms with E-state index in [4.69, 9.17) is 9.47 Å². The maximum Gasteiger partial charge on any atom is 0.245 e. The van der Waals surface area contributed by atoms with Crippen LogP contribution >= 0.6 is 0 Å². The van der Waals surface area contributed by atoms with Gasteiger partial charge in [-0.25, -0.2) is 8.78 Å². The lowest BCUT2D eigenvalue weighted by atomic mass is 10.2. The highest BCUT2D eigenvalue weighted by Gasteiger charge is 2.27. The van der Waals surface area contributed by atoms with E-state index in [0.29, 0.717) is 25.3 Å². The van der Waals surface area contributed by atoms with Gasteiger partial charge in [0.25, 0.3) is 0 Å². The molecule has 0 atom stereocenters. The van der Waals surface area contributed by atoms with E-state index in [1.54, 1.807) is 0 Å². The van der Waals surface area contributed by atoms with Crippen molar-refractivity contribution in [2.24, 2.45) is 0 Å². The highest BCUT2D eigenvalue weighted by atomic mass is 19.1. The Morgan fingerprint density at radius 3 is 2.45 bits per heavy atom. The molecule has 1 aromatic heterocycles. The van der Waals surface area contributed by atoms with Crippen LogP contribution in [-0.2, 0) is 16.0 Å². The third-order valence-electron chi connectivity index (χ3n) is 3.11. The first kappa shape index (κ1) is 13.1. The summed E-state index contributed by atoms with van der Waals surface area (Å²) in [5.41, 5.74) is 1.38. The topological polar surface area (TPSA) is 22.3 Å². The molecular weight excluding hydrogens is 264 g/mol. The molecule has 0 amide bonds. The molecule has 3 nitrogen and oxygen atoms in total. The van der Waals surface area contributed by atoms with E-state index in [0.717, 1.165) is 11.8 Å². The van der Waals surface area contributed by atoms with Gasteiger partial charge in [0.2, 0.25) is 12.0 Å². The van der Waals surface area contributed by atoms with Gasteiger partial charge < -0.3 is 9.47 Å². The fourth-order valence-electron chi connectivity index (χ4n) is 2.28. The maximum atomic E-state index is 13.2. The number of ether oxygens (including phenoxy) is 2. The fraction of sp³-hybridized carbons (Fsp3) is 0.267. The number of pyridine rings is 1. The summed E-state index contributed by atoms with van der Waals surface area (Å²) in [7, 11) is 0. The van der Waals surface area contributed by atoms with Crippen LogP contribution in [0.3, 0.4) is 0 Å². The molecule has 0 radical (unpaired) electrons. The van der Waals surface area contributed by atoms with Crippen LogP contribution in [0.4, 0.5) is 8.78 Å². The molecule has 1 aliphatic heterocycles. The van der Waals surface area contributed by atoms with Crippen molar-refractivity contribution in [3.8, 4) is 0 Å². The van der Waals surface area contributed by atoms with E-state index < -0.39 is 17.9 Å². The summed E-state index contributed by atoms with van der Waals surface area (Å²) in [5.74, 6) is -1.15. The lowest BCUT2D eigenvalue weighted by Gasteiger charge is -2.09. The Morgan fingerprint density at radius 2 is 1.75 bits per heavy atom. The van der Waals surface area contributed by atoms with Gasteiger partial charge in [-0.2, -0.15) is 4.57 Å². The van der Waals surface area contributed by atoms with Crippen LogP contribution < -0.4 is 4.57 Å².